The van der Waals surface area contributed by atoms with Crippen molar-refractivity contribution in [1.29, 1.82) is 0 Å². The molecule has 27 heavy (non-hydrogen) atoms. The van der Waals surface area contributed by atoms with E-state index in [0.29, 0.717) is 22.2 Å². The van der Waals surface area contributed by atoms with Crippen molar-refractivity contribution in [2.45, 2.75) is 6.42 Å². The second-order valence-corrected chi connectivity index (χ2v) is 7.65. The molecule has 0 radical (unpaired) electrons. The van der Waals surface area contributed by atoms with Gasteiger partial charge in [0.15, 0.2) is 11.6 Å². The summed E-state index contributed by atoms with van der Waals surface area (Å²) in [7, 11) is -4.72. The summed E-state index contributed by atoms with van der Waals surface area (Å²) >= 11 is 0. The molecule has 0 aliphatic heterocycles. The maximum absolute atomic E-state index is 12.3. The van der Waals surface area contributed by atoms with Gasteiger partial charge in [-0.05, 0) is 29.8 Å². The van der Waals surface area contributed by atoms with Crippen molar-refractivity contribution in [1.82, 2.24) is 9.97 Å². The number of rotatable bonds is 4. The van der Waals surface area contributed by atoms with Gasteiger partial charge in [0.05, 0.1) is 17.4 Å². The molecule has 138 valence electrons. The minimum absolute atomic E-state index is 0.00585. The smallest absolute Gasteiger partial charge is 0.360 e. The number of fused-ring (bicyclic) bond motifs is 1. The Morgan fingerprint density at radius 1 is 1.19 bits per heavy atom. The van der Waals surface area contributed by atoms with Crippen LogP contribution in [0.3, 0.4) is 0 Å². The number of nitrogens with one attached hydrogen (secondary N) is 1. The van der Waals surface area contributed by atoms with Gasteiger partial charge in [-0.1, -0.05) is 18.2 Å². The summed E-state index contributed by atoms with van der Waals surface area (Å²) in [5.74, 6) is -0.0401. The molecule has 9 heteroatoms. The molecule has 6 N–H and O–H groups in total. The van der Waals surface area contributed by atoms with Crippen molar-refractivity contribution >= 4 is 29.8 Å². The highest BCUT2D eigenvalue weighted by Crippen LogP contribution is 2.44. The van der Waals surface area contributed by atoms with Crippen LogP contribution >= 0.6 is 7.60 Å². The molecule has 0 aliphatic carbocycles. The zero-order chi connectivity index (χ0) is 19.2. The van der Waals surface area contributed by atoms with Gasteiger partial charge >= 0.3 is 7.60 Å². The number of H-pyrrole nitrogens is 1. The van der Waals surface area contributed by atoms with Crippen LogP contribution in [0.5, 0.6) is 5.75 Å². The first-order chi connectivity index (χ1) is 12.8. The molecule has 0 saturated carbocycles. The lowest BCUT2D eigenvalue weighted by Gasteiger charge is -2.09. The SMILES string of the molecule is Nc1oc(-c2cccc3[nH]cnc23)c(P(=O)(O)O)c1Cc1cccc(O)c1. The number of benzene rings is 2. The Morgan fingerprint density at radius 2 is 1.96 bits per heavy atom. The highest BCUT2D eigenvalue weighted by atomic mass is 31.2. The zero-order valence-electron chi connectivity index (χ0n) is 14.0. The second-order valence-electron chi connectivity index (χ2n) is 6.12. The van der Waals surface area contributed by atoms with Crippen LogP contribution < -0.4 is 11.0 Å². The van der Waals surface area contributed by atoms with Gasteiger partial charge in [0.25, 0.3) is 0 Å². The number of nitrogens with zero attached hydrogens (tertiary/aromatic N) is 1. The molecular weight excluding hydrogens is 369 g/mol. The summed E-state index contributed by atoms with van der Waals surface area (Å²) in [5, 5.41) is 9.38. The van der Waals surface area contributed by atoms with E-state index in [1.54, 1.807) is 30.3 Å². The van der Waals surface area contributed by atoms with E-state index in [1.807, 2.05) is 0 Å². The first-order valence-corrected chi connectivity index (χ1v) is 9.63. The highest BCUT2D eigenvalue weighted by Gasteiger charge is 2.33. The van der Waals surface area contributed by atoms with Crippen molar-refractivity contribution < 1.29 is 23.9 Å². The number of phenolic OH excluding ortho intramolecular Hbond substituents is 1. The molecule has 4 aromatic rings. The number of hydrogen-bond donors (Lipinski definition) is 5. The third-order valence-electron chi connectivity index (χ3n) is 4.29. The van der Waals surface area contributed by atoms with Crippen LogP contribution in [-0.4, -0.2) is 24.9 Å². The van der Waals surface area contributed by atoms with E-state index in [0.717, 1.165) is 0 Å². The first kappa shape index (κ1) is 17.4. The summed E-state index contributed by atoms with van der Waals surface area (Å²) in [5.41, 5.74) is 8.46. The quantitative estimate of drug-likeness (QED) is 0.339. The van der Waals surface area contributed by atoms with E-state index >= 15 is 0 Å². The maximum Gasteiger partial charge on any atom is 0.360 e. The van der Waals surface area contributed by atoms with Crippen molar-refractivity contribution in [3.8, 4) is 17.1 Å². The van der Waals surface area contributed by atoms with Gasteiger partial charge in [0.2, 0.25) is 0 Å². The third-order valence-corrected chi connectivity index (χ3v) is 5.34. The minimum atomic E-state index is -4.72. The van der Waals surface area contributed by atoms with E-state index < -0.39 is 7.60 Å². The molecule has 8 nitrogen and oxygen atoms in total. The Bertz CT molecular complexity index is 1190. The lowest BCUT2D eigenvalue weighted by atomic mass is 10.0. The fourth-order valence-electron chi connectivity index (χ4n) is 3.15. The van der Waals surface area contributed by atoms with Crippen LogP contribution in [0, 0.1) is 0 Å². The van der Waals surface area contributed by atoms with E-state index in [1.165, 1.54) is 18.5 Å². The van der Waals surface area contributed by atoms with Crippen LogP contribution in [0.15, 0.2) is 53.2 Å². The molecular formula is C18H16N3O5P. The van der Waals surface area contributed by atoms with E-state index in [2.05, 4.69) is 9.97 Å². The topological polar surface area (TPSA) is 146 Å². The van der Waals surface area contributed by atoms with E-state index in [-0.39, 0.29) is 34.7 Å². The summed E-state index contributed by atoms with van der Waals surface area (Å²) in [6, 6.07) is 11.6. The fourth-order valence-corrected chi connectivity index (χ4v) is 4.13. The van der Waals surface area contributed by atoms with Gasteiger partial charge in [0, 0.05) is 17.5 Å². The number of aromatic hydroxyl groups is 1. The monoisotopic (exact) mass is 385 g/mol. The zero-order valence-corrected chi connectivity index (χ0v) is 14.9. The lowest BCUT2D eigenvalue weighted by molar-refractivity contribution is 0.387. The molecule has 2 aromatic carbocycles. The van der Waals surface area contributed by atoms with Gasteiger partial charge in [-0.3, -0.25) is 4.57 Å². The van der Waals surface area contributed by atoms with Gasteiger partial charge < -0.3 is 30.0 Å². The number of nitrogens with two attached hydrogens (primary N) is 1. The maximum atomic E-state index is 12.3. The summed E-state index contributed by atoms with van der Waals surface area (Å²) in [6.45, 7) is 0. The van der Waals surface area contributed by atoms with Crippen LogP contribution in [0.25, 0.3) is 22.4 Å². The molecule has 0 fully saturated rings. The van der Waals surface area contributed by atoms with Crippen molar-refractivity contribution in [3.05, 3.63) is 59.9 Å². The van der Waals surface area contributed by atoms with Gasteiger partial charge in [0.1, 0.15) is 11.1 Å². The van der Waals surface area contributed by atoms with E-state index in [9.17, 15) is 19.5 Å². The van der Waals surface area contributed by atoms with Crippen LogP contribution in [0.4, 0.5) is 5.88 Å². The number of nitrogen functional groups attached to an aromatic ring is 1. The lowest BCUT2D eigenvalue weighted by Crippen LogP contribution is -2.12. The second kappa shape index (κ2) is 6.28. The Labute approximate surface area is 153 Å². The van der Waals surface area contributed by atoms with Gasteiger partial charge in [-0.25, -0.2) is 4.98 Å². The largest absolute Gasteiger partial charge is 0.508 e. The van der Waals surface area contributed by atoms with Crippen molar-refractivity contribution in [3.63, 3.8) is 0 Å². The molecule has 0 unspecified atom stereocenters. The molecule has 0 saturated heterocycles. The van der Waals surface area contributed by atoms with Crippen LogP contribution in [0.2, 0.25) is 0 Å². The minimum Gasteiger partial charge on any atom is -0.508 e. The predicted octanol–water partition coefficient (Wildman–Crippen LogP) is 2.50. The van der Waals surface area contributed by atoms with E-state index in [4.69, 9.17) is 10.2 Å². The number of para-hydroxylation sites is 1. The third kappa shape index (κ3) is 3.10. The van der Waals surface area contributed by atoms with Gasteiger partial charge in [-0.15, -0.1) is 0 Å². The summed E-state index contributed by atoms with van der Waals surface area (Å²) in [4.78, 5) is 27.2. The standard InChI is InChI=1S/C18H16N3O5P/c19-18-13(8-10-3-1-4-11(22)7-10)17(27(23,24)25)16(26-18)12-5-2-6-14-15(12)21-9-20-14/h1-7,9,22H,8,19H2,(H,20,21)(H2,23,24,25). The van der Waals surface area contributed by atoms with Crippen molar-refractivity contribution in [2.75, 3.05) is 5.73 Å². The van der Waals surface area contributed by atoms with Crippen LogP contribution in [0.1, 0.15) is 11.1 Å². The number of furan rings is 1. The Morgan fingerprint density at radius 3 is 2.70 bits per heavy atom. The highest BCUT2D eigenvalue weighted by molar-refractivity contribution is 7.60. The Balaban J connectivity index is 1.94. The number of aromatic amines is 1. The molecule has 0 spiro atoms. The molecule has 2 heterocycles. The molecule has 0 bridgehead atoms. The summed E-state index contributed by atoms with van der Waals surface area (Å²) < 4.78 is 17.9. The Kier molecular flexibility index (Phi) is 4.04. The Hall–Kier alpha value is -3.06. The summed E-state index contributed by atoms with van der Waals surface area (Å²) in [6.07, 6.45) is 1.59. The number of hydrogen-bond acceptors (Lipinski definition) is 5. The number of aromatic nitrogens is 2. The normalized spacial score (nSPS) is 11.9. The average molecular weight is 385 g/mol. The fraction of sp³-hybridized carbons (Fsp3) is 0.0556. The number of anilines is 1. The molecule has 0 amide bonds. The molecule has 4 rings (SSSR count). The first-order valence-electron chi connectivity index (χ1n) is 8.02. The molecule has 0 aliphatic rings. The predicted molar refractivity (Wildman–Crippen MR) is 101 cm³/mol. The number of imidazole rings is 1. The van der Waals surface area contributed by atoms with Crippen molar-refractivity contribution in [2.24, 2.45) is 0 Å². The molecule has 0 atom stereocenters. The molecule has 2 aromatic heterocycles. The number of phenols is 1. The average Bonchev–Trinajstić information content (AvgIpc) is 3.19. The van der Waals surface area contributed by atoms with Gasteiger partial charge in [-0.2, -0.15) is 0 Å². The van der Waals surface area contributed by atoms with Crippen LogP contribution in [-0.2, 0) is 11.0 Å².